The fraction of sp³-hybridized carbons (Fsp3) is 0.368. The van der Waals surface area contributed by atoms with Crippen LogP contribution in [0.15, 0.2) is 42.5 Å². The van der Waals surface area contributed by atoms with Gasteiger partial charge in [-0.25, -0.2) is 0 Å². The molecule has 1 aliphatic rings. The second kappa shape index (κ2) is 7.59. The van der Waals surface area contributed by atoms with E-state index in [0.29, 0.717) is 6.54 Å². The Morgan fingerprint density at radius 2 is 1.91 bits per heavy atom. The highest BCUT2D eigenvalue weighted by atomic mass is 16.5. The summed E-state index contributed by atoms with van der Waals surface area (Å²) < 4.78 is 10.6. The zero-order valence-corrected chi connectivity index (χ0v) is 13.4. The van der Waals surface area contributed by atoms with Crippen molar-refractivity contribution in [2.75, 3.05) is 40.0 Å². The lowest BCUT2D eigenvalue weighted by Gasteiger charge is -2.27. The lowest BCUT2D eigenvalue weighted by molar-refractivity contribution is 0.0223. The molecular formula is C19H23NO3. The number of rotatable bonds is 5. The van der Waals surface area contributed by atoms with Crippen LogP contribution in [0.1, 0.15) is 5.56 Å². The van der Waals surface area contributed by atoms with E-state index in [4.69, 9.17) is 9.47 Å². The molecule has 0 aromatic heterocycles. The normalized spacial score (nSPS) is 17.7. The number of nitrogens with zero attached hydrogens (tertiary/aromatic N) is 1. The third-order valence-corrected chi connectivity index (χ3v) is 4.13. The van der Waals surface area contributed by atoms with Gasteiger partial charge >= 0.3 is 0 Å². The maximum absolute atomic E-state index is 10.2. The SMILES string of the molecule is COc1ccc2cc(/C=C/C(O)CN3CCOCC3)ccc2c1. The Morgan fingerprint density at radius 3 is 2.70 bits per heavy atom. The maximum Gasteiger partial charge on any atom is 0.119 e. The average Bonchev–Trinajstić information content (AvgIpc) is 2.60. The highest BCUT2D eigenvalue weighted by Crippen LogP contribution is 2.22. The van der Waals surface area contributed by atoms with Crippen LogP contribution >= 0.6 is 0 Å². The first kappa shape index (κ1) is 16.0. The molecule has 0 radical (unpaired) electrons. The first-order valence-electron chi connectivity index (χ1n) is 7.99. The molecule has 122 valence electrons. The largest absolute Gasteiger partial charge is 0.497 e. The van der Waals surface area contributed by atoms with Crippen molar-refractivity contribution in [1.29, 1.82) is 0 Å². The molecule has 0 spiro atoms. The molecule has 0 aliphatic carbocycles. The summed E-state index contributed by atoms with van der Waals surface area (Å²) in [6.45, 7) is 3.95. The van der Waals surface area contributed by atoms with Gasteiger partial charge < -0.3 is 14.6 Å². The van der Waals surface area contributed by atoms with Gasteiger partial charge in [-0.05, 0) is 34.5 Å². The van der Waals surface area contributed by atoms with E-state index in [-0.39, 0.29) is 0 Å². The molecule has 1 aliphatic heterocycles. The van der Waals surface area contributed by atoms with Crippen LogP contribution in [0.5, 0.6) is 5.75 Å². The molecule has 0 amide bonds. The third-order valence-electron chi connectivity index (χ3n) is 4.13. The fourth-order valence-corrected chi connectivity index (χ4v) is 2.80. The summed E-state index contributed by atoms with van der Waals surface area (Å²) in [6.07, 6.45) is 3.38. The first-order chi connectivity index (χ1) is 11.2. The van der Waals surface area contributed by atoms with Gasteiger partial charge in [-0.1, -0.05) is 30.4 Å². The highest BCUT2D eigenvalue weighted by molar-refractivity contribution is 5.86. The number of fused-ring (bicyclic) bond motifs is 1. The number of morpholine rings is 1. The number of hydrogen-bond acceptors (Lipinski definition) is 4. The third kappa shape index (κ3) is 4.32. The van der Waals surface area contributed by atoms with Gasteiger partial charge in [0.15, 0.2) is 0 Å². The fourth-order valence-electron chi connectivity index (χ4n) is 2.80. The smallest absolute Gasteiger partial charge is 0.119 e. The Labute approximate surface area is 136 Å². The number of benzene rings is 2. The molecular weight excluding hydrogens is 290 g/mol. The molecule has 1 unspecified atom stereocenters. The molecule has 3 rings (SSSR count). The molecule has 1 saturated heterocycles. The van der Waals surface area contributed by atoms with Gasteiger partial charge in [0.05, 0.1) is 26.4 Å². The van der Waals surface area contributed by atoms with Gasteiger partial charge in [-0.15, -0.1) is 0 Å². The van der Waals surface area contributed by atoms with Crippen molar-refractivity contribution < 1.29 is 14.6 Å². The van der Waals surface area contributed by atoms with Crippen molar-refractivity contribution in [3.05, 3.63) is 48.0 Å². The predicted octanol–water partition coefficient (Wildman–Crippen LogP) is 2.55. The Kier molecular flexibility index (Phi) is 5.28. The second-order valence-corrected chi connectivity index (χ2v) is 5.81. The van der Waals surface area contributed by atoms with E-state index in [1.54, 1.807) is 7.11 Å². The average molecular weight is 313 g/mol. The molecule has 23 heavy (non-hydrogen) atoms. The van der Waals surface area contributed by atoms with Gasteiger partial charge in [0.25, 0.3) is 0 Å². The van der Waals surface area contributed by atoms with Crippen LogP contribution in [0.4, 0.5) is 0 Å². The van der Waals surface area contributed by atoms with E-state index in [1.165, 1.54) is 0 Å². The van der Waals surface area contributed by atoms with Crippen LogP contribution in [0, 0.1) is 0 Å². The number of methoxy groups -OCH3 is 1. The van der Waals surface area contributed by atoms with Gasteiger partial charge in [0.1, 0.15) is 5.75 Å². The Hall–Kier alpha value is -1.88. The lowest BCUT2D eigenvalue weighted by Crippen LogP contribution is -2.40. The molecule has 4 heteroatoms. The minimum atomic E-state index is -0.459. The van der Waals surface area contributed by atoms with Crippen LogP contribution in [-0.2, 0) is 4.74 Å². The maximum atomic E-state index is 10.2. The second-order valence-electron chi connectivity index (χ2n) is 5.81. The number of aliphatic hydroxyl groups is 1. The first-order valence-corrected chi connectivity index (χ1v) is 7.99. The molecule has 0 bridgehead atoms. The lowest BCUT2D eigenvalue weighted by atomic mass is 10.1. The van der Waals surface area contributed by atoms with Crippen molar-refractivity contribution in [2.24, 2.45) is 0 Å². The van der Waals surface area contributed by atoms with E-state index >= 15 is 0 Å². The highest BCUT2D eigenvalue weighted by Gasteiger charge is 2.12. The van der Waals surface area contributed by atoms with Crippen LogP contribution in [-0.4, -0.2) is 56.1 Å². The van der Waals surface area contributed by atoms with E-state index in [2.05, 4.69) is 29.2 Å². The minimum absolute atomic E-state index is 0.459. The van der Waals surface area contributed by atoms with Crippen molar-refractivity contribution in [2.45, 2.75) is 6.10 Å². The summed E-state index contributed by atoms with van der Waals surface area (Å²) in [4.78, 5) is 2.23. The summed E-state index contributed by atoms with van der Waals surface area (Å²) in [5, 5.41) is 12.5. The Balaban J connectivity index is 1.65. The van der Waals surface area contributed by atoms with Crippen LogP contribution < -0.4 is 4.74 Å². The van der Waals surface area contributed by atoms with E-state index in [0.717, 1.165) is 48.4 Å². The minimum Gasteiger partial charge on any atom is -0.497 e. The summed E-state index contributed by atoms with van der Waals surface area (Å²) in [5.41, 5.74) is 1.09. The number of ether oxygens (including phenoxy) is 2. The Morgan fingerprint density at radius 1 is 1.17 bits per heavy atom. The van der Waals surface area contributed by atoms with E-state index in [1.807, 2.05) is 24.3 Å². The van der Waals surface area contributed by atoms with E-state index < -0.39 is 6.10 Å². The zero-order chi connectivity index (χ0) is 16.1. The molecule has 1 N–H and O–H groups in total. The van der Waals surface area contributed by atoms with Crippen LogP contribution in [0.25, 0.3) is 16.8 Å². The molecule has 2 aromatic rings. The van der Waals surface area contributed by atoms with Gasteiger partial charge in [0.2, 0.25) is 0 Å². The summed E-state index contributed by atoms with van der Waals surface area (Å²) >= 11 is 0. The van der Waals surface area contributed by atoms with Crippen molar-refractivity contribution in [3.8, 4) is 5.75 Å². The van der Waals surface area contributed by atoms with Crippen molar-refractivity contribution in [3.63, 3.8) is 0 Å². The topological polar surface area (TPSA) is 41.9 Å². The summed E-state index contributed by atoms with van der Waals surface area (Å²) in [5.74, 6) is 0.863. The number of hydrogen-bond donors (Lipinski definition) is 1. The van der Waals surface area contributed by atoms with Gasteiger partial charge in [-0.2, -0.15) is 0 Å². The van der Waals surface area contributed by atoms with Crippen LogP contribution in [0.3, 0.4) is 0 Å². The predicted molar refractivity (Wildman–Crippen MR) is 92.8 cm³/mol. The van der Waals surface area contributed by atoms with Gasteiger partial charge in [0, 0.05) is 19.6 Å². The quantitative estimate of drug-likeness (QED) is 0.921. The zero-order valence-electron chi connectivity index (χ0n) is 13.4. The monoisotopic (exact) mass is 313 g/mol. The number of β-amino-alcohol motifs (C(OH)–C–C–N with tert-alkyl or cyclic N) is 1. The van der Waals surface area contributed by atoms with Crippen molar-refractivity contribution in [1.82, 2.24) is 4.90 Å². The molecule has 0 saturated carbocycles. The molecule has 1 atom stereocenters. The summed E-state index contributed by atoms with van der Waals surface area (Å²) in [6, 6.07) is 12.3. The van der Waals surface area contributed by atoms with Gasteiger partial charge in [-0.3, -0.25) is 4.90 Å². The van der Waals surface area contributed by atoms with E-state index in [9.17, 15) is 5.11 Å². The van der Waals surface area contributed by atoms with Crippen LogP contribution in [0.2, 0.25) is 0 Å². The number of aliphatic hydroxyl groups excluding tert-OH is 1. The molecule has 1 fully saturated rings. The Bertz CT molecular complexity index is 677. The molecule has 2 aromatic carbocycles. The molecule has 4 nitrogen and oxygen atoms in total. The summed E-state index contributed by atoms with van der Waals surface area (Å²) in [7, 11) is 1.67. The van der Waals surface area contributed by atoms with Crippen molar-refractivity contribution >= 4 is 16.8 Å². The molecule has 1 heterocycles. The standard InChI is InChI=1S/C19H23NO3/c1-22-19-7-5-16-12-15(2-4-17(16)13-19)3-6-18(21)14-20-8-10-23-11-9-20/h2-7,12-13,18,21H,8-11,14H2,1H3/b6-3+.